The van der Waals surface area contributed by atoms with E-state index in [-0.39, 0.29) is 17.3 Å². The molecule has 0 fully saturated rings. The summed E-state index contributed by atoms with van der Waals surface area (Å²) in [5.41, 5.74) is 0.285. The summed E-state index contributed by atoms with van der Waals surface area (Å²) in [7, 11) is 0. The third kappa shape index (κ3) is 5.29. The molecule has 0 aliphatic heterocycles. The summed E-state index contributed by atoms with van der Waals surface area (Å²) in [5.74, 6) is -1.18. The van der Waals surface area contributed by atoms with Crippen LogP contribution >= 0.6 is 0 Å². The molecule has 1 atom stereocenters. The molecule has 0 aliphatic carbocycles. The van der Waals surface area contributed by atoms with Crippen LogP contribution in [0.3, 0.4) is 0 Å². The predicted octanol–water partition coefficient (Wildman–Crippen LogP) is 3.13. The van der Waals surface area contributed by atoms with E-state index < -0.39 is 23.6 Å². The van der Waals surface area contributed by atoms with E-state index in [1.54, 1.807) is 41.3 Å². The minimum atomic E-state index is -1.11. The van der Waals surface area contributed by atoms with E-state index >= 15 is 0 Å². The van der Waals surface area contributed by atoms with Crippen LogP contribution < -0.4 is 4.74 Å². The molecule has 2 rings (SSSR count). The summed E-state index contributed by atoms with van der Waals surface area (Å²) in [6.45, 7) is 4.07. The average molecular weight is 386 g/mol. The Balaban J connectivity index is 2.13. The molecule has 0 saturated carbocycles. The summed E-state index contributed by atoms with van der Waals surface area (Å²) < 4.78 is 10.6. The van der Waals surface area contributed by atoms with Crippen molar-refractivity contribution in [3.8, 4) is 5.75 Å². The molecule has 28 heavy (non-hydrogen) atoms. The van der Waals surface area contributed by atoms with E-state index in [1.807, 2.05) is 13.8 Å². The lowest BCUT2D eigenvalue weighted by molar-refractivity contribution is -0.385. The van der Waals surface area contributed by atoms with Crippen molar-refractivity contribution in [2.75, 3.05) is 19.7 Å². The standard InChI is InChI=1S/C20H22N2O6/c1-3-21(4-2)20(24)19(15-10-6-5-7-11-15)28-18(23)14-27-17-13-9-8-12-16(17)22(25)26/h5-13,19H,3-4,14H2,1-2H3/t19-/m0/s1. The highest BCUT2D eigenvalue weighted by Crippen LogP contribution is 2.26. The number of rotatable bonds is 9. The lowest BCUT2D eigenvalue weighted by Gasteiger charge is -2.25. The molecule has 0 heterocycles. The highest BCUT2D eigenvalue weighted by atomic mass is 16.6. The maximum atomic E-state index is 12.8. The molecular formula is C20H22N2O6. The van der Waals surface area contributed by atoms with Crippen LogP contribution in [0.2, 0.25) is 0 Å². The van der Waals surface area contributed by atoms with E-state index in [2.05, 4.69) is 0 Å². The molecule has 0 unspecified atom stereocenters. The second-order valence-electron chi connectivity index (χ2n) is 5.80. The van der Waals surface area contributed by atoms with Crippen LogP contribution in [0.5, 0.6) is 5.75 Å². The Labute approximate surface area is 162 Å². The monoisotopic (exact) mass is 386 g/mol. The quantitative estimate of drug-likeness (QED) is 0.373. The molecule has 0 aliphatic rings. The molecule has 148 valence electrons. The van der Waals surface area contributed by atoms with Crippen LogP contribution in [0, 0.1) is 10.1 Å². The molecule has 0 radical (unpaired) electrons. The number of nitro groups is 1. The van der Waals surface area contributed by atoms with Crippen LogP contribution in [0.1, 0.15) is 25.5 Å². The van der Waals surface area contributed by atoms with Crippen LogP contribution in [0.25, 0.3) is 0 Å². The fourth-order valence-corrected chi connectivity index (χ4v) is 2.62. The van der Waals surface area contributed by atoms with Gasteiger partial charge in [0.05, 0.1) is 4.92 Å². The largest absolute Gasteiger partial charge is 0.475 e. The van der Waals surface area contributed by atoms with Gasteiger partial charge in [0.25, 0.3) is 5.91 Å². The van der Waals surface area contributed by atoms with Crippen molar-refractivity contribution in [2.45, 2.75) is 20.0 Å². The number of nitro benzene ring substituents is 1. The van der Waals surface area contributed by atoms with Gasteiger partial charge >= 0.3 is 11.7 Å². The number of likely N-dealkylation sites (N-methyl/N-ethyl adjacent to an activating group) is 1. The van der Waals surface area contributed by atoms with Gasteiger partial charge in [0.2, 0.25) is 6.10 Å². The average Bonchev–Trinajstić information content (AvgIpc) is 2.72. The number of para-hydroxylation sites is 2. The highest BCUT2D eigenvalue weighted by Gasteiger charge is 2.28. The molecule has 2 aromatic carbocycles. The second-order valence-corrected chi connectivity index (χ2v) is 5.80. The summed E-state index contributed by atoms with van der Waals surface area (Å²) in [4.78, 5) is 37.1. The number of benzene rings is 2. The normalized spacial score (nSPS) is 11.4. The number of hydrogen-bond acceptors (Lipinski definition) is 6. The molecule has 2 aromatic rings. The highest BCUT2D eigenvalue weighted by molar-refractivity contribution is 5.85. The van der Waals surface area contributed by atoms with Gasteiger partial charge in [0, 0.05) is 24.7 Å². The van der Waals surface area contributed by atoms with Crippen molar-refractivity contribution >= 4 is 17.6 Å². The van der Waals surface area contributed by atoms with Gasteiger partial charge in [-0.05, 0) is 19.9 Å². The lowest BCUT2D eigenvalue weighted by atomic mass is 10.1. The Kier molecular flexibility index (Phi) is 7.50. The topological polar surface area (TPSA) is 99.0 Å². The maximum absolute atomic E-state index is 12.8. The van der Waals surface area contributed by atoms with Crippen molar-refractivity contribution in [3.63, 3.8) is 0 Å². The number of carbonyl (C=O) groups excluding carboxylic acids is 2. The summed E-state index contributed by atoms with van der Waals surface area (Å²) in [6.07, 6.45) is -1.11. The van der Waals surface area contributed by atoms with Gasteiger partial charge in [0.15, 0.2) is 12.4 Å². The van der Waals surface area contributed by atoms with Crippen LogP contribution in [0.15, 0.2) is 54.6 Å². The molecular weight excluding hydrogens is 364 g/mol. The van der Waals surface area contributed by atoms with Crippen molar-refractivity contribution in [1.82, 2.24) is 4.90 Å². The van der Waals surface area contributed by atoms with E-state index in [0.717, 1.165) is 0 Å². The first-order valence-corrected chi connectivity index (χ1v) is 8.87. The zero-order valence-electron chi connectivity index (χ0n) is 15.7. The van der Waals surface area contributed by atoms with E-state index in [0.29, 0.717) is 18.7 Å². The predicted molar refractivity (Wildman–Crippen MR) is 102 cm³/mol. The van der Waals surface area contributed by atoms with Crippen molar-refractivity contribution < 1.29 is 24.0 Å². The van der Waals surface area contributed by atoms with E-state index in [9.17, 15) is 19.7 Å². The first kappa shape index (κ1) is 20.9. The SMILES string of the molecule is CCN(CC)C(=O)[C@@H](OC(=O)COc1ccccc1[N+](=O)[O-])c1ccccc1. The first-order chi connectivity index (χ1) is 13.5. The minimum Gasteiger partial charge on any atom is -0.475 e. The zero-order valence-corrected chi connectivity index (χ0v) is 15.7. The molecule has 1 amide bonds. The number of ether oxygens (including phenoxy) is 2. The number of nitrogens with zero attached hydrogens (tertiary/aromatic N) is 2. The van der Waals surface area contributed by atoms with Gasteiger partial charge in [-0.3, -0.25) is 14.9 Å². The van der Waals surface area contributed by atoms with Crippen molar-refractivity contribution in [3.05, 3.63) is 70.3 Å². The van der Waals surface area contributed by atoms with Gasteiger partial charge in [-0.25, -0.2) is 4.79 Å². The molecule has 8 nitrogen and oxygen atoms in total. The molecule has 0 saturated heterocycles. The van der Waals surface area contributed by atoms with Crippen LogP contribution in [0.4, 0.5) is 5.69 Å². The Morgan fingerprint density at radius 3 is 2.25 bits per heavy atom. The summed E-state index contributed by atoms with van der Waals surface area (Å²) >= 11 is 0. The summed E-state index contributed by atoms with van der Waals surface area (Å²) in [5, 5.41) is 11.0. The van der Waals surface area contributed by atoms with Crippen LogP contribution in [-0.4, -0.2) is 41.4 Å². The third-order valence-electron chi connectivity index (χ3n) is 4.06. The van der Waals surface area contributed by atoms with Crippen molar-refractivity contribution in [2.24, 2.45) is 0 Å². The van der Waals surface area contributed by atoms with Crippen molar-refractivity contribution in [1.29, 1.82) is 0 Å². The van der Waals surface area contributed by atoms with E-state index in [4.69, 9.17) is 9.47 Å². The lowest BCUT2D eigenvalue weighted by Crippen LogP contribution is -2.37. The smallest absolute Gasteiger partial charge is 0.345 e. The first-order valence-electron chi connectivity index (χ1n) is 8.87. The van der Waals surface area contributed by atoms with Gasteiger partial charge in [-0.15, -0.1) is 0 Å². The van der Waals surface area contributed by atoms with Crippen LogP contribution in [-0.2, 0) is 14.3 Å². The minimum absolute atomic E-state index is 0.0456. The fourth-order valence-electron chi connectivity index (χ4n) is 2.62. The summed E-state index contributed by atoms with van der Waals surface area (Å²) in [6, 6.07) is 14.4. The maximum Gasteiger partial charge on any atom is 0.345 e. The fraction of sp³-hybridized carbons (Fsp3) is 0.300. The number of hydrogen-bond donors (Lipinski definition) is 0. The Morgan fingerprint density at radius 1 is 1.04 bits per heavy atom. The Hall–Kier alpha value is -3.42. The number of carbonyl (C=O) groups is 2. The van der Waals surface area contributed by atoms with Gasteiger partial charge in [-0.1, -0.05) is 42.5 Å². The number of esters is 1. The third-order valence-corrected chi connectivity index (χ3v) is 4.06. The van der Waals surface area contributed by atoms with Gasteiger partial charge in [0.1, 0.15) is 0 Å². The second kappa shape index (κ2) is 10.1. The van der Waals surface area contributed by atoms with E-state index in [1.165, 1.54) is 18.2 Å². The molecule has 0 aromatic heterocycles. The Bertz CT molecular complexity index is 820. The van der Waals surface area contributed by atoms with Gasteiger partial charge < -0.3 is 14.4 Å². The zero-order chi connectivity index (χ0) is 20.5. The molecule has 0 bridgehead atoms. The Morgan fingerprint density at radius 2 is 1.64 bits per heavy atom. The molecule has 8 heteroatoms. The van der Waals surface area contributed by atoms with Gasteiger partial charge in [-0.2, -0.15) is 0 Å². The number of amides is 1. The molecule has 0 spiro atoms. The molecule has 0 N–H and O–H groups in total.